The van der Waals surface area contributed by atoms with E-state index in [4.69, 9.17) is 10.8 Å². The number of hydrogen-bond donors (Lipinski definition) is 4. The average Bonchev–Trinajstić information content (AvgIpc) is 2.12. The Morgan fingerprint density at radius 2 is 1.71 bits per heavy atom. The molecule has 7 nitrogen and oxygen atoms in total. The predicted octanol–water partition coefficient (Wildman–Crippen LogP) is -0.341. The van der Waals surface area contributed by atoms with Crippen LogP contribution in [0.25, 0.3) is 0 Å². The lowest BCUT2D eigenvalue weighted by Gasteiger charge is -2.26. The molecule has 0 aromatic heterocycles. The maximum absolute atomic E-state index is 11.8. The molecule has 0 aromatic carbocycles. The molecule has 0 aromatic rings. The van der Waals surface area contributed by atoms with Gasteiger partial charge >= 0.3 is 12.0 Å². The number of urea groups is 1. The highest BCUT2D eigenvalue weighted by Crippen LogP contribution is 2.06. The first kappa shape index (κ1) is 15.2. The maximum atomic E-state index is 11.8. The second-order valence-corrected chi connectivity index (χ2v) is 4.65. The van der Waals surface area contributed by atoms with E-state index in [1.165, 1.54) is 13.8 Å². The predicted molar refractivity (Wildman–Crippen MR) is 61.2 cm³/mol. The van der Waals surface area contributed by atoms with E-state index >= 15 is 0 Å². The van der Waals surface area contributed by atoms with Gasteiger partial charge in [-0.3, -0.25) is 4.79 Å². The van der Waals surface area contributed by atoms with Crippen molar-refractivity contribution in [2.45, 2.75) is 39.3 Å². The molecule has 0 aliphatic rings. The number of carboxylic acids is 1. The molecule has 5 N–H and O–H groups in total. The highest BCUT2D eigenvalue weighted by Gasteiger charge is 2.33. The van der Waals surface area contributed by atoms with Crippen molar-refractivity contribution in [1.29, 1.82) is 0 Å². The summed E-state index contributed by atoms with van der Waals surface area (Å²) >= 11 is 0. The third-order valence-corrected chi connectivity index (χ3v) is 2.22. The van der Waals surface area contributed by atoms with Crippen LogP contribution in [0.3, 0.4) is 0 Å². The number of primary amides is 1. The Kier molecular flexibility index (Phi) is 4.93. The van der Waals surface area contributed by atoms with E-state index in [-0.39, 0.29) is 5.92 Å². The Bertz CT molecular complexity index is 326. The maximum Gasteiger partial charge on any atom is 0.328 e. The molecule has 0 aliphatic heterocycles. The molecule has 17 heavy (non-hydrogen) atoms. The van der Waals surface area contributed by atoms with Crippen LogP contribution in [-0.2, 0) is 9.59 Å². The molecule has 7 heteroatoms. The van der Waals surface area contributed by atoms with Gasteiger partial charge in [0.2, 0.25) is 5.91 Å². The molecule has 0 spiro atoms. The van der Waals surface area contributed by atoms with E-state index in [0.717, 1.165) is 0 Å². The van der Waals surface area contributed by atoms with Crippen molar-refractivity contribution in [1.82, 2.24) is 10.6 Å². The van der Waals surface area contributed by atoms with E-state index in [9.17, 15) is 14.4 Å². The molecule has 0 radical (unpaired) electrons. The van der Waals surface area contributed by atoms with Gasteiger partial charge in [0.1, 0.15) is 11.6 Å². The van der Waals surface area contributed by atoms with Gasteiger partial charge in [-0.05, 0) is 19.8 Å². The second-order valence-electron chi connectivity index (χ2n) is 4.65. The van der Waals surface area contributed by atoms with Gasteiger partial charge in [0.15, 0.2) is 0 Å². The second kappa shape index (κ2) is 5.51. The number of nitrogens with one attached hydrogen (secondary N) is 2. The molecule has 3 amide bonds. The Balaban J connectivity index is 4.75. The summed E-state index contributed by atoms with van der Waals surface area (Å²) < 4.78 is 0. The van der Waals surface area contributed by atoms with Crippen molar-refractivity contribution in [3.8, 4) is 0 Å². The minimum atomic E-state index is -1.40. The largest absolute Gasteiger partial charge is 0.480 e. The first-order valence-corrected chi connectivity index (χ1v) is 5.19. The first-order chi connectivity index (χ1) is 7.58. The van der Waals surface area contributed by atoms with Gasteiger partial charge in [-0.1, -0.05) is 13.8 Å². The molecule has 0 bridgehead atoms. The van der Waals surface area contributed by atoms with Crippen molar-refractivity contribution >= 4 is 17.9 Å². The molecule has 1 unspecified atom stereocenters. The molecular formula is C10H19N3O4. The van der Waals surface area contributed by atoms with Gasteiger partial charge in [-0.2, -0.15) is 0 Å². The summed E-state index contributed by atoms with van der Waals surface area (Å²) in [5.41, 5.74) is 3.55. The van der Waals surface area contributed by atoms with Crippen LogP contribution in [0.2, 0.25) is 0 Å². The molecule has 0 rings (SSSR count). The van der Waals surface area contributed by atoms with E-state index in [1.807, 2.05) is 0 Å². The Hall–Kier alpha value is -1.79. The van der Waals surface area contributed by atoms with Crippen molar-refractivity contribution in [3.05, 3.63) is 0 Å². The monoisotopic (exact) mass is 245 g/mol. The van der Waals surface area contributed by atoms with E-state index < -0.39 is 29.5 Å². The Morgan fingerprint density at radius 3 is 2.00 bits per heavy atom. The zero-order chi connectivity index (χ0) is 13.8. The zero-order valence-electron chi connectivity index (χ0n) is 10.4. The highest BCUT2D eigenvalue weighted by molar-refractivity contribution is 5.91. The number of aliphatic carboxylic acids is 1. The minimum Gasteiger partial charge on any atom is -0.480 e. The van der Waals surface area contributed by atoms with Crippen LogP contribution in [0.4, 0.5) is 4.79 Å². The van der Waals surface area contributed by atoms with Crippen LogP contribution in [0, 0.1) is 5.92 Å². The number of nitrogens with two attached hydrogens (primary N) is 1. The van der Waals surface area contributed by atoms with Crippen LogP contribution in [0.1, 0.15) is 27.7 Å². The number of rotatable bonds is 5. The Labute approximate surface area is 99.7 Å². The SMILES string of the molecule is CC(C)C(NC(N)=O)C(=O)NC(C)(C)C(=O)O. The fourth-order valence-corrected chi connectivity index (χ4v) is 1.13. The van der Waals surface area contributed by atoms with Crippen molar-refractivity contribution in [2.24, 2.45) is 11.7 Å². The number of hydrogen-bond acceptors (Lipinski definition) is 3. The summed E-state index contributed by atoms with van der Waals surface area (Å²) in [4.78, 5) is 33.4. The third kappa shape index (κ3) is 4.71. The van der Waals surface area contributed by atoms with Crippen LogP contribution in [0.5, 0.6) is 0 Å². The topological polar surface area (TPSA) is 122 Å². The fourth-order valence-electron chi connectivity index (χ4n) is 1.13. The Morgan fingerprint density at radius 1 is 1.24 bits per heavy atom. The van der Waals surface area contributed by atoms with Crippen LogP contribution in [0.15, 0.2) is 0 Å². The fraction of sp³-hybridized carbons (Fsp3) is 0.700. The van der Waals surface area contributed by atoms with Crippen LogP contribution < -0.4 is 16.4 Å². The molecule has 1 atom stereocenters. The average molecular weight is 245 g/mol. The molecule has 0 saturated heterocycles. The van der Waals surface area contributed by atoms with Gasteiger partial charge in [-0.25, -0.2) is 9.59 Å². The number of carboxylic acid groups (broad SMARTS) is 1. The number of carbonyl (C=O) groups excluding carboxylic acids is 2. The van der Waals surface area contributed by atoms with Crippen molar-refractivity contribution in [3.63, 3.8) is 0 Å². The van der Waals surface area contributed by atoms with Crippen LogP contribution in [-0.4, -0.2) is 34.6 Å². The molecule has 0 aliphatic carbocycles. The molecular weight excluding hydrogens is 226 g/mol. The zero-order valence-corrected chi connectivity index (χ0v) is 10.4. The molecule has 0 fully saturated rings. The third-order valence-electron chi connectivity index (χ3n) is 2.22. The summed E-state index contributed by atoms with van der Waals surface area (Å²) in [6.07, 6.45) is 0. The molecule has 98 valence electrons. The summed E-state index contributed by atoms with van der Waals surface area (Å²) in [5, 5.41) is 13.5. The summed E-state index contributed by atoms with van der Waals surface area (Å²) in [5.74, 6) is -1.94. The lowest BCUT2D eigenvalue weighted by atomic mass is 10.0. The van der Waals surface area contributed by atoms with Crippen LogP contribution >= 0.6 is 0 Å². The van der Waals surface area contributed by atoms with Gasteiger partial charge in [0, 0.05) is 0 Å². The van der Waals surface area contributed by atoms with Gasteiger partial charge in [0.25, 0.3) is 0 Å². The quantitative estimate of drug-likeness (QED) is 0.529. The first-order valence-electron chi connectivity index (χ1n) is 5.19. The summed E-state index contributed by atoms with van der Waals surface area (Å²) in [6.45, 7) is 6.14. The van der Waals surface area contributed by atoms with Crippen molar-refractivity contribution in [2.75, 3.05) is 0 Å². The molecule has 0 saturated carbocycles. The summed E-state index contributed by atoms with van der Waals surface area (Å²) in [7, 11) is 0. The highest BCUT2D eigenvalue weighted by atomic mass is 16.4. The van der Waals surface area contributed by atoms with Gasteiger partial charge in [-0.15, -0.1) is 0 Å². The lowest BCUT2D eigenvalue weighted by molar-refractivity contribution is -0.146. The van der Waals surface area contributed by atoms with E-state index in [1.54, 1.807) is 13.8 Å². The smallest absolute Gasteiger partial charge is 0.328 e. The number of carbonyl (C=O) groups is 3. The standard InChI is InChI=1S/C10H19N3O4/c1-5(2)6(12-9(11)17)7(14)13-10(3,4)8(15)16/h5-6H,1-4H3,(H,13,14)(H,15,16)(H3,11,12,17). The van der Waals surface area contributed by atoms with Gasteiger partial charge < -0.3 is 21.5 Å². The van der Waals surface area contributed by atoms with E-state index in [0.29, 0.717) is 0 Å². The van der Waals surface area contributed by atoms with Gasteiger partial charge in [0.05, 0.1) is 0 Å². The summed E-state index contributed by atoms with van der Waals surface area (Å²) in [6, 6.07) is -1.68. The van der Waals surface area contributed by atoms with E-state index in [2.05, 4.69) is 10.6 Å². The normalized spacial score (nSPS) is 13.0. The molecule has 0 heterocycles. The number of amides is 3. The van der Waals surface area contributed by atoms with Crippen molar-refractivity contribution < 1.29 is 19.5 Å². The minimum absolute atomic E-state index is 0.202. The lowest BCUT2D eigenvalue weighted by Crippen LogP contribution is -2.58.